The third kappa shape index (κ3) is 8.39. The topological polar surface area (TPSA) is 76.4 Å². The summed E-state index contributed by atoms with van der Waals surface area (Å²) in [6, 6.07) is 0. The van der Waals surface area contributed by atoms with Crippen molar-refractivity contribution in [1.82, 2.24) is 10.6 Å². The van der Waals surface area contributed by atoms with E-state index in [9.17, 15) is 10.1 Å². The van der Waals surface area contributed by atoms with E-state index in [-0.39, 0.29) is 0 Å². The molecule has 1 aliphatic rings. The summed E-state index contributed by atoms with van der Waals surface area (Å²) in [4.78, 5) is 9.92. The molecule has 1 unspecified atom stereocenters. The standard InChI is InChI=1S/C13H25N3O3S/c1-20-13(10-16(17)18)15-7-4-2-3-6-14-9-12-5-8-19-11-12/h10,12,14-15H,2-9,11H2,1H3. The van der Waals surface area contributed by atoms with E-state index in [1.165, 1.54) is 18.2 Å². The predicted molar refractivity (Wildman–Crippen MR) is 82.2 cm³/mol. The number of unbranched alkanes of at least 4 members (excludes halogenated alkanes) is 2. The quantitative estimate of drug-likeness (QED) is 0.344. The van der Waals surface area contributed by atoms with Crippen molar-refractivity contribution in [2.24, 2.45) is 5.92 Å². The smallest absolute Gasteiger partial charge is 0.263 e. The third-order valence-corrected chi connectivity index (χ3v) is 3.92. The molecule has 116 valence electrons. The second-order valence-corrected chi connectivity index (χ2v) is 5.75. The highest BCUT2D eigenvalue weighted by Crippen LogP contribution is 2.10. The van der Waals surface area contributed by atoms with Crippen LogP contribution in [-0.4, -0.2) is 44.0 Å². The van der Waals surface area contributed by atoms with Gasteiger partial charge in [-0.15, -0.1) is 11.8 Å². The first-order chi connectivity index (χ1) is 9.72. The largest absolute Gasteiger partial charge is 0.381 e. The molecule has 0 aromatic heterocycles. The van der Waals surface area contributed by atoms with Gasteiger partial charge in [-0.05, 0) is 38.0 Å². The van der Waals surface area contributed by atoms with Gasteiger partial charge in [0.25, 0.3) is 6.20 Å². The van der Waals surface area contributed by atoms with Crippen LogP contribution >= 0.6 is 11.8 Å². The highest BCUT2D eigenvalue weighted by Gasteiger charge is 2.14. The minimum absolute atomic E-state index is 0.421. The van der Waals surface area contributed by atoms with E-state index in [4.69, 9.17) is 4.74 Å². The molecule has 1 fully saturated rings. The first-order valence-electron chi connectivity index (χ1n) is 7.14. The summed E-state index contributed by atoms with van der Waals surface area (Å²) < 4.78 is 5.32. The lowest BCUT2D eigenvalue weighted by molar-refractivity contribution is -0.403. The van der Waals surface area contributed by atoms with E-state index in [2.05, 4.69) is 10.6 Å². The second-order valence-electron chi connectivity index (χ2n) is 4.90. The Labute approximate surface area is 124 Å². The van der Waals surface area contributed by atoms with Crippen LogP contribution in [0, 0.1) is 16.0 Å². The Balaban J connectivity index is 1.90. The maximum Gasteiger partial charge on any atom is 0.263 e. The molecule has 7 heteroatoms. The van der Waals surface area contributed by atoms with Crippen molar-refractivity contribution in [2.75, 3.05) is 39.1 Å². The van der Waals surface area contributed by atoms with Crippen LogP contribution in [0.4, 0.5) is 0 Å². The molecule has 0 spiro atoms. The highest BCUT2D eigenvalue weighted by molar-refractivity contribution is 8.02. The highest BCUT2D eigenvalue weighted by atomic mass is 32.2. The van der Waals surface area contributed by atoms with Crippen LogP contribution in [0.2, 0.25) is 0 Å². The average Bonchev–Trinajstić information content (AvgIpc) is 2.93. The van der Waals surface area contributed by atoms with Gasteiger partial charge in [0.2, 0.25) is 0 Å². The lowest BCUT2D eigenvalue weighted by Crippen LogP contribution is -2.24. The Kier molecular flexibility index (Phi) is 9.44. The molecule has 6 nitrogen and oxygen atoms in total. The molecule has 0 radical (unpaired) electrons. The van der Waals surface area contributed by atoms with Gasteiger partial charge in [0.05, 0.1) is 11.5 Å². The van der Waals surface area contributed by atoms with E-state index in [0.29, 0.717) is 10.9 Å². The molecule has 2 N–H and O–H groups in total. The van der Waals surface area contributed by atoms with Crippen LogP contribution in [0.25, 0.3) is 0 Å². The monoisotopic (exact) mass is 303 g/mol. The number of nitrogens with one attached hydrogen (secondary N) is 2. The number of rotatable bonds is 11. The van der Waals surface area contributed by atoms with Crippen LogP contribution in [-0.2, 0) is 4.74 Å². The summed E-state index contributed by atoms with van der Waals surface area (Å²) in [5.41, 5.74) is 0. The van der Waals surface area contributed by atoms with Crippen molar-refractivity contribution >= 4 is 11.8 Å². The van der Waals surface area contributed by atoms with Gasteiger partial charge in [0, 0.05) is 19.7 Å². The molecule has 0 aliphatic carbocycles. The number of thioether (sulfide) groups is 1. The fourth-order valence-electron chi connectivity index (χ4n) is 2.08. The van der Waals surface area contributed by atoms with Gasteiger partial charge < -0.3 is 15.4 Å². The van der Waals surface area contributed by atoms with Crippen molar-refractivity contribution in [3.8, 4) is 0 Å². The summed E-state index contributed by atoms with van der Waals surface area (Å²) in [6.07, 6.45) is 7.33. The Bertz CT molecular complexity index is 307. The molecule has 0 aromatic carbocycles. The van der Waals surface area contributed by atoms with Crippen molar-refractivity contribution in [1.29, 1.82) is 0 Å². The second kappa shape index (κ2) is 10.9. The van der Waals surface area contributed by atoms with Gasteiger partial charge in [-0.2, -0.15) is 0 Å². The Morgan fingerprint density at radius 3 is 2.90 bits per heavy atom. The molecule has 0 saturated carbocycles. The summed E-state index contributed by atoms with van der Waals surface area (Å²) in [5.74, 6) is 0.688. The first kappa shape index (κ1) is 17.3. The summed E-state index contributed by atoms with van der Waals surface area (Å²) in [5, 5.41) is 17.5. The third-order valence-electron chi connectivity index (χ3n) is 3.23. The zero-order chi connectivity index (χ0) is 14.6. The van der Waals surface area contributed by atoms with E-state index in [0.717, 1.165) is 58.3 Å². The lowest BCUT2D eigenvalue weighted by atomic mass is 10.1. The number of hydrogen-bond acceptors (Lipinski definition) is 6. The zero-order valence-corrected chi connectivity index (χ0v) is 12.9. The maximum absolute atomic E-state index is 10.3. The zero-order valence-electron chi connectivity index (χ0n) is 12.1. The molecule has 1 aliphatic heterocycles. The maximum atomic E-state index is 10.3. The van der Waals surface area contributed by atoms with E-state index >= 15 is 0 Å². The summed E-state index contributed by atoms with van der Waals surface area (Å²) in [6.45, 7) is 4.69. The number of ether oxygens (including phenoxy) is 1. The normalized spacial score (nSPS) is 19.2. The van der Waals surface area contributed by atoms with Gasteiger partial charge in [0.15, 0.2) is 0 Å². The molecule has 1 atom stereocenters. The molecule has 0 bridgehead atoms. The first-order valence-corrected chi connectivity index (χ1v) is 8.36. The van der Waals surface area contributed by atoms with Crippen LogP contribution in [0.15, 0.2) is 11.2 Å². The minimum atomic E-state index is -0.421. The Morgan fingerprint density at radius 2 is 2.25 bits per heavy atom. The van der Waals surface area contributed by atoms with Crippen molar-refractivity contribution in [2.45, 2.75) is 25.7 Å². The van der Waals surface area contributed by atoms with Gasteiger partial charge in [-0.3, -0.25) is 10.1 Å². The number of nitrogens with zero attached hydrogens (tertiary/aromatic N) is 1. The molecular weight excluding hydrogens is 278 g/mol. The van der Waals surface area contributed by atoms with E-state index in [1.54, 1.807) is 0 Å². The number of hydrogen-bond donors (Lipinski definition) is 2. The molecule has 1 heterocycles. The number of nitro groups is 1. The summed E-state index contributed by atoms with van der Waals surface area (Å²) >= 11 is 1.37. The molecule has 0 aromatic rings. The van der Waals surface area contributed by atoms with Crippen LogP contribution in [0.3, 0.4) is 0 Å². The average molecular weight is 303 g/mol. The van der Waals surface area contributed by atoms with E-state index < -0.39 is 4.92 Å². The summed E-state index contributed by atoms with van der Waals surface area (Å²) in [7, 11) is 0. The SMILES string of the molecule is CSC(=C[N+](=O)[O-])NCCCCCNCC1CCOC1. The van der Waals surface area contributed by atoms with Gasteiger partial charge >= 0.3 is 0 Å². The van der Waals surface area contributed by atoms with Crippen molar-refractivity contribution < 1.29 is 9.66 Å². The fourth-order valence-corrected chi connectivity index (χ4v) is 2.52. The van der Waals surface area contributed by atoms with Crippen LogP contribution in [0.5, 0.6) is 0 Å². The van der Waals surface area contributed by atoms with Gasteiger partial charge in [0.1, 0.15) is 5.03 Å². The molecule has 1 saturated heterocycles. The van der Waals surface area contributed by atoms with Crippen LogP contribution < -0.4 is 10.6 Å². The minimum Gasteiger partial charge on any atom is -0.381 e. The fraction of sp³-hybridized carbons (Fsp3) is 0.846. The van der Waals surface area contributed by atoms with Crippen LogP contribution in [0.1, 0.15) is 25.7 Å². The molecule has 20 heavy (non-hydrogen) atoms. The molecule has 0 amide bonds. The molecular formula is C13H25N3O3S. The Hall–Kier alpha value is -0.790. The van der Waals surface area contributed by atoms with Crippen molar-refractivity contribution in [3.05, 3.63) is 21.3 Å². The van der Waals surface area contributed by atoms with Gasteiger partial charge in [-0.1, -0.05) is 6.42 Å². The van der Waals surface area contributed by atoms with Gasteiger partial charge in [-0.25, -0.2) is 0 Å². The van der Waals surface area contributed by atoms with Crippen molar-refractivity contribution in [3.63, 3.8) is 0 Å². The predicted octanol–water partition coefficient (Wildman–Crippen LogP) is 1.81. The Morgan fingerprint density at radius 1 is 1.45 bits per heavy atom. The lowest BCUT2D eigenvalue weighted by Gasteiger charge is -2.09. The molecule has 1 rings (SSSR count). The van der Waals surface area contributed by atoms with E-state index in [1.807, 2.05) is 6.26 Å².